The van der Waals surface area contributed by atoms with Crippen molar-refractivity contribution >= 4 is 0 Å². The lowest BCUT2D eigenvalue weighted by atomic mass is 9.92. The summed E-state index contributed by atoms with van der Waals surface area (Å²) in [4.78, 5) is 1.67. The fourth-order valence-electron chi connectivity index (χ4n) is 2.23. The zero-order chi connectivity index (χ0) is 11.9. The van der Waals surface area contributed by atoms with E-state index in [9.17, 15) is 8.78 Å². The van der Waals surface area contributed by atoms with E-state index in [1.165, 1.54) is 0 Å². The van der Waals surface area contributed by atoms with Crippen LogP contribution in [0.4, 0.5) is 8.78 Å². The third-order valence-electron chi connectivity index (χ3n) is 3.10. The zero-order valence-corrected chi connectivity index (χ0v) is 9.93. The van der Waals surface area contributed by atoms with Crippen LogP contribution in [0.25, 0.3) is 0 Å². The Balaban J connectivity index is 2.47. The van der Waals surface area contributed by atoms with Gasteiger partial charge < -0.3 is 0 Å². The average molecular weight is 225 g/mol. The lowest BCUT2D eigenvalue weighted by molar-refractivity contribution is -0.0455. The summed E-state index contributed by atoms with van der Waals surface area (Å²) in [6, 6.07) is 5.34. The number of rotatable bonds is 1. The van der Waals surface area contributed by atoms with Crippen LogP contribution in [0.5, 0.6) is 0 Å². The molecule has 0 spiro atoms. The van der Waals surface area contributed by atoms with Crippen molar-refractivity contribution in [1.82, 2.24) is 4.90 Å². The van der Waals surface area contributed by atoms with Crippen molar-refractivity contribution in [2.24, 2.45) is 0 Å². The number of nitrogens with zero attached hydrogens (tertiary/aromatic N) is 1. The van der Waals surface area contributed by atoms with E-state index >= 15 is 0 Å². The summed E-state index contributed by atoms with van der Waals surface area (Å²) in [6.45, 7) is 4.59. The molecule has 16 heavy (non-hydrogen) atoms. The Morgan fingerprint density at radius 3 is 2.62 bits per heavy atom. The third-order valence-corrected chi connectivity index (χ3v) is 3.10. The fraction of sp³-hybridized carbons (Fsp3) is 0.538. The van der Waals surface area contributed by atoms with Crippen molar-refractivity contribution < 1.29 is 8.78 Å². The molecule has 1 nitrogen and oxygen atoms in total. The molecule has 0 radical (unpaired) electrons. The van der Waals surface area contributed by atoms with Gasteiger partial charge in [0.05, 0.1) is 6.54 Å². The van der Waals surface area contributed by atoms with Gasteiger partial charge in [-0.05, 0) is 24.1 Å². The number of hydrogen-bond donors (Lipinski definition) is 0. The Labute approximate surface area is 95.1 Å². The second-order valence-corrected chi connectivity index (χ2v) is 4.95. The maximum atomic E-state index is 13.7. The SMILES string of the molecule is CC(C)c1ccc2c(c1)CN(C)CC2(F)F. The number of hydrogen-bond acceptors (Lipinski definition) is 1. The summed E-state index contributed by atoms with van der Waals surface area (Å²) in [5, 5.41) is 0. The molecule has 1 aliphatic heterocycles. The summed E-state index contributed by atoms with van der Waals surface area (Å²) in [5.74, 6) is -2.33. The zero-order valence-electron chi connectivity index (χ0n) is 9.93. The van der Waals surface area contributed by atoms with Crippen LogP contribution in [0.2, 0.25) is 0 Å². The van der Waals surface area contributed by atoms with Crippen LogP contribution in [0, 0.1) is 0 Å². The van der Waals surface area contributed by atoms with Gasteiger partial charge in [-0.1, -0.05) is 32.0 Å². The lowest BCUT2D eigenvalue weighted by Gasteiger charge is -2.32. The first kappa shape index (κ1) is 11.5. The molecule has 88 valence electrons. The van der Waals surface area contributed by atoms with E-state index in [0.717, 1.165) is 11.1 Å². The quantitative estimate of drug-likeness (QED) is 0.708. The van der Waals surface area contributed by atoms with Gasteiger partial charge in [0.25, 0.3) is 5.92 Å². The molecule has 0 unspecified atom stereocenters. The van der Waals surface area contributed by atoms with Crippen LogP contribution in [-0.4, -0.2) is 18.5 Å². The summed E-state index contributed by atoms with van der Waals surface area (Å²) < 4.78 is 27.5. The number of halogens is 2. The predicted octanol–water partition coefficient (Wildman–Crippen LogP) is 3.35. The van der Waals surface area contributed by atoms with E-state index in [0.29, 0.717) is 12.5 Å². The van der Waals surface area contributed by atoms with Gasteiger partial charge in [0.2, 0.25) is 0 Å². The molecule has 0 amide bonds. The van der Waals surface area contributed by atoms with Gasteiger partial charge in [-0.25, -0.2) is 0 Å². The van der Waals surface area contributed by atoms with Crippen molar-refractivity contribution in [2.75, 3.05) is 13.6 Å². The Morgan fingerprint density at radius 1 is 1.31 bits per heavy atom. The molecule has 0 fully saturated rings. The largest absolute Gasteiger partial charge is 0.296 e. The Morgan fingerprint density at radius 2 is 2.00 bits per heavy atom. The highest BCUT2D eigenvalue weighted by Gasteiger charge is 2.38. The van der Waals surface area contributed by atoms with Crippen LogP contribution in [0.15, 0.2) is 18.2 Å². The van der Waals surface area contributed by atoms with E-state index < -0.39 is 5.92 Å². The van der Waals surface area contributed by atoms with Crippen LogP contribution < -0.4 is 0 Å². The van der Waals surface area contributed by atoms with Crippen molar-refractivity contribution in [1.29, 1.82) is 0 Å². The molecule has 1 heterocycles. The van der Waals surface area contributed by atoms with Gasteiger partial charge in [-0.15, -0.1) is 0 Å². The van der Waals surface area contributed by atoms with E-state index in [1.54, 1.807) is 18.0 Å². The standard InChI is InChI=1S/C13H17F2N/c1-9(2)10-4-5-12-11(6-10)7-16(3)8-13(12,14)15/h4-6,9H,7-8H2,1-3H3. The minimum Gasteiger partial charge on any atom is -0.296 e. The highest BCUT2D eigenvalue weighted by atomic mass is 19.3. The maximum Gasteiger partial charge on any atom is 0.285 e. The first-order valence-corrected chi connectivity index (χ1v) is 5.60. The van der Waals surface area contributed by atoms with Crippen LogP contribution in [0.3, 0.4) is 0 Å². The van der Waals surface area contributed by atoms with Gasteiger partial charge in [-0.3, -0.25) is 4.90 Å². The second kappa shape index (κ2) is 3.81. The van der Waals surface area contributed by atoms with Crippen molar-refractivity contribution in [2.45, 2.75) is 32.2 Å². The Kier molecular flexibility index (Phi) is 2.74. The number of alkyl halides is 2. The Hall–Kier alpha value is -0.960. The van der Waals surface area contributed by atoms with Crippen molar-refractivity contribution in [3.05, 3.63) is 34.9 Å². The fourth-order valence-corrected chi connectivity index (χ4v) is 2.23. The van der Waals surface area contributed by atoms with Gasteiger partial charge in [0.15, 0.2) is 0 Å². The molecule has 0 atom stereocenters. The molecular weight excluding hydrogens is 208 g/mol. The monoisotopic (exact) mass is 225 g/mol. The van der Waals surface area contributed by atoms with Crippen molar-refractivity contribution in [3.63, 3.8) is 0 Å². The van der Waals surface area contributed by atoms with Gasteiger partial charge in [0.1, 0.15) is 0 Å². The molecule has 0 N–H and O–H groups in total. The van der Waals surface area contributed by atoms with Gasteiger partial charge in [0, 0.05) is 12.1 Å². The number of likely N-dealkylation sites (N-methyl/N-ethyl adjacent to an activating group) is 1. The molecule has 0 bridgehead atoms. The van der Waals surface area contributed by atoms with Gasteiger partial charge >= 0.3 is 0 Å². The van der Waals surface area contributed by atoms with Gasteiger partial charge in [-0.2, -0.15) is 8.78 Å². The first-order valence-electron chi connectivity index (χ1n) is 5.60. The molecule has 0 saturated heterocycles. The first-order chi connectivity index (χ1) is 7.40. The lowest BCUT2D eigenvalue weighted by Crippen LogP contribution is -2.38. The average Bonchev–Trinajstić information content (AvgIpc) is 2.14. The van der Waals surface area contributed by atoms with E-state index in [-0.39, 0.29) is 12.1 Å². The minimum atomic E-state index is -2.71. The maximum absolute atomic E-state index is 13.7. The van der Waals surface area contributed by atoms with E-state index in [4.69, 9.17) is 0 Å². The minimum absolute atomic E-state index is 0.180. The highest BCUT2D eigenvalue weighted by Crippen LogP contribution is 2.37. The van der Waals surface area contributed by atoms with E-state index in [2.05, 4.69) is 13.8 Å². The molecule has 0 aliphatic carbocycles. The molecule has 0 saturated carbocycles. The number of fused-ring (bicyclic) bond motifs is 1. The molecule has 0 aromatic heterocycles. The molecule has 2 rings (SSSR count). The third kappa shape index (κ3) is 1.96. The molecule has 1 aliphatic rings. The summed E-state index contributed by atoms with van der Waals surface area (Å²) >= 11 is 0. The second-order valence-electron chi connectivity index (χ2n) is 4.95. The summed E-state index contributed by atoms with van der Waals surface area (Å²) in [7, 11) is 1.74. The predicted molar refractivity (Wildman–Crippen MR) is 60.8 cm³/mol. The normalized spacial score (nSPS) is 19.9. The highest BCUT2D eigenvalue weighted by molar-refractivity contribution is 5.38. The molecular formula is C13H17F2N. The molecule has 1 aromatic rings. The van der Waals surface area contributed by atoms with E-state index in [1.807, 2.05) is 12.1 Å². The number of benzene rings is 1. The van der Waals surface area contributed by atoms with Crippen LogP contribution in [-0.2, 0) is 12.5 Å². The topological polar surface area (TPSA) is 3.24 Å². The van der Waals surface area contributed by atoms with Crippen LogP contribution >= 0.6 is 0 Å². The summed E-state index contributed by atoms with van der Waals surface area (Å²) in [5.41, 5.74) is 2.10. The Bertz CT molecular complexity index is 399. The molecule has 3 heteroatoms. The van der Waals surface area contributed by atoms with Crippen LogP contribution in [0.1, 0.15) is 36.5 Å². The molecule has 1 aromatic carbocycles. The smallest absolute Gasteiger partial charge is 0.285 e. The van der Waals surface area contributed by atoms with Crippen molar-refractivity contribution in [3.8, 4) is 0 Å². The summed E-state index contributed by atoms with van der Waals surface area (Å²) in [6.07, 6.45) is 0.